The molecule has 1 saturated carbocycles. The van der Waals surface area contributed by atoms with Crippen molar-refractivity contribution in [3.05, 3.63) is 11.8 Å². The zero-order valence-electron chi connectivity index (χ0n) is 11.1. The van der Waals surface area contributed by atoms with Gasteiger partial charge in [-0.15, -0.1) is 0 Å². The first-order chi connectivity index (χ1) is 8.93. The summed E-state index contributed by atoms with van der Waals surface area (Å²) in [6.07, 6.45) is 8.06. The molecule has 0 spiro atoms. The van der Waals surface area contributed by atoms with E-state index in [1.165, 1.54) is 44.2 Å². The van der Waals surface area contributed by atoms with Crippen LogP contribution >= 0.6 is 0 Å². The molecule has 1 saturated heterocycles. The molecule has 0 aromatic carbocycles. The first-order valence-corrected chi connectivity index (χ1v) is 7.44. The number of nitrogens with zero attached hydrogens (tertiary/aromatic N) is 2. The van der Waals surface area contributed by atoms with Crippen LogP contribution < -0.4 is 10.2 Å². The number of anilines is 1. The van der Waals surface area contributed by atoms with Gasteiger partial charge in [0.2, 0.25) is 0 Å². The summed E-state index contributed by atoms with van der Waals surface area (Å²) in [7, 11) is 0. The Bertz CT molecular complexity index is 360. The van der Waals surface area contributed by atoms with Gasteiger partial charge >= 0.3 is 0 Å². The van der Waals surface area contributed by atoms with Gasteiger partial charge in [-0.2, -0.15) is 5.10 Å². The number of hydrogen-bond donors (Lipinski definition) is 2. The topological polar surface area (TPSA) is 44.0 Å². The van der Waals surface area contributed by atoms with Gasteiger partial charge in [-0.1, -0.05) is 19.3 Å². The number of nitrogens with one attached hydrogen (secondary N) is 2. The van der Waals surface area contributed by atoms with Crippen molar-refractivity contribution in [3.63, 3.8) is 0 Å². The Morgan fingerprint density at radius 1 is 1.06 bits per heavy atom. The fourth-order valence-corrected chi connectivity index (χ4v) is 3.19. The third-order valence-electron chi connectivity index (χ3n) is 4.29. The molecule has 2 heterocycles. The van der Waals surface area contributed by atoms with Gasteiger partial charge in [-0.3, -0.25) is 5.10 Å². The van der Waals surface area contributed by atoms with E-state index in [1.54, 1.807) is 0 Å². The molecule has 0 radical (unpaired) electrons. The highest BCUT2D eigenvalue weighted by molar-refractivity contribution is 5.40. The van der Waals surface area contributed by atoms with Crippen molar-refractivity contribution in [3.8, 4) is 0 Å². The van der Waals surface area contributed by atoms with Crippen LogP contribution in [-0.2, 0) is 0 Å². The lowest BCUT2D eigenvalue weighted by molar-refractivity contribution is 0.436. The third kappa shape index (κ3) is 2.69. The molecular weight excluding hydrogens is 224 g/mol. The largest absolute Gasteiger partial charge is 0.354 e. The van der Waals surface area contributed by atoms with Crippen LogP contribution in [0.15, 0.2) is 6.07 Å². The van der Waals surface area contributed by atoms with E-state index in [-0.39, 0.29) is 0 Å². The van der Waals surface area contributed by atoms with Crippen molar-refractivity contribution < 1.29 is 0 Å². The normalized spacial score (nSPS) is 23.0. The summed E-state index contributed by atoms with van der Waals surface area (Å²) in [5, 5.41) is 11.2. The minimum Gasteiger partial charge on any atom is -0.354 e. The number of rotatable bonds is 2. The van der Waals surface area contributed by atoms with Gasteiger partial charge in [0.1, 0.15) is 0 Å². The van der Waals surface area contributed by atoms with Gasteiger partial charge in [-0.05, 0) is 25.8 Å². The quantitative estimate of drug-likeness (QED) is 0.843. The molecule has 100 valence electrons. The smallest absolute Gasteiger partial charge is 0.150 e. The van der Waals surface area contributed by atoms with Gasteiger partial charge in [0.25, 0.3) is 0 Å². The molecule has 2 aliphatic rings. The Kier molecular flexibility index (Phi) is 3.84. The second-order valence-corrected chi connectivity index (χ2v) is 5.61. The van der Waals surface area contributed by atoms with Crippen LogP contribution in [0.4, 0.5) is 5.82 Å². The summed E-state index contributed by atoms with van der Waals surface area (Å²) in [4.78, 5) is 2.41. The van der Waals surface area contributed by atoms with E-state index in [9.17, 15) is 0 Å². The van der Waals surface area contributed by atoms with Gasteiger partial charge in [0, 0.05) is 37.3 Å². The van der Waals surface area contributed by atoms with Crippen LogP contribution in [-0.4, -0.2) is 36.4 Å². The van der Waals surface area contributed by atoms with Crippen molar-refractivity contribution in [2.45, 2.75) is 44.4 Å². The maximum Gasteiger partial charge on any atom is 0.150 e. The average Bonchev–Trinajstić information content (AvgIpc) is 2.76. The minimum atomic E-state index is 0.727. The molecule has 2 N–H and O–H groups in total. The summed E-state index contributed by atoms with van der Waals surface area (Å²) in [6, 6.07) is 2.29. The number of aromatic nitrogens is 2. The Labute approximate surface area is 109 Å². The van der Waals surface area contributed by atoms with E-state index in [2.05, 4.69) is 26.5 Å². The Hall–Kier alpha value is -1.03. The molecule has 1 aliphatic heterocycles. The van der Waals surface area contributed by atoms with Gasteiger partial charge < -0.3 is 10.2 Å². The highest BCUT2D eigenvalue weighted by Gasteiger charge is 2.19. The SMILES string of the molecule is c1c(N2CCCNCC2)n[nH]c1C1CCCCC1. The fourth-order valence-electron chi connectivity index (χ4n) is 3.19. The molecule has 0 unspecified atom stereocenters. The predicted octanol–water partition coefficient (Wildman–Crippen LogP) is 2.26. The molecule has 1 aromatic heterocycles. The first kappa shape index (κ1) is 12.0. The van der Waals surface area contributed by atoms with E-state index < -0.39 is 0 Å². The summed E-state index contributed by atoms with van der Waals surface area (Å²) in [5.74, 6) is 1.88. The van der Waals surface area contributed by atoms with E-state index >= 15 is 0 Å². The van der Waals surface area contributed by atoms with E-state index in [0.717, 1.165) is 37.9 Å². The number of hydrogen-bond acceptors (Lipinski definition) is 3. The third-order valence-corrected chi connectivity index (χ3v) is 4.29. The molecule has 1 aromatic rings. The molecule has 2 fully saturated rings. The van der Waals surface area contributed by atoms with Crippen LogP contribution in [0.25, 0.3) is 0 Å². The number of H-pyrrole nitrogens is 1. The van der Waals surface area contributed by atoms with Crippen LogP contribution in [0.1, 0.15) is 50.1 Å². The van der Waals surface area contributed by atoms with E-state index in [0.29, 0.717) is 0 Å². The molecule has 0 atom stereocenters. The average molecular weight is 248 g/mol. The molecule has 0 bridgehead atoms. The zero-order valence-corrected chi connectivity index (χ0v) is 11.1. The van der Waals surface area contributed by atoms with Crippen molar-refractivity contribution in [2.24, 2.45) is 0 Å². The van der Waals surface area contributed by atoms with Crippen molar-refractivity contribution in [1.82, 2.24) is 15.5 Å². The van der Waals surface area contributed by atoms with Crippen molar-refractivity contribution >= 4 is 5.82 Å². The van der Waals surface area contributed by atoms with Crippen molar-refractivity contribution in [2.75, 3.05) is 31.1 Å². The van der Waals surface area contributed by atoms with Crippen LogP contribution in [0.5, 0.6) is 0 Å². The summed E-state index contributed by atoms with van der Waals surface area (Å²) >= 11 is 0. The molecule has 0 amide bonds. The highest BCUT2D eigenvalue weighted by Crippen LogP contribution is 2.32. The highest BCUT2D eigenvalue weighted by atomic mass is 15.3. The lowest BCUT2D eigenvalue weighted by Crippen LogP contribution is -2.28. The monoisotopic (exact) mass is 248 g/mol. The van der Waals surface area contributed by atoms with Crippen molar-refractivity contribution in [1.29, 1.82) is 0 Å². The number of aromatic amines is 1. The fraction of sp³-hybridized carbons (Fsp3) is 0.786. The Morgan fingerprint density at radius 3 is 2.83 bits per heavy atom. The zero-order chi connectivity index (χ0) is 12.2. The maximum absolute atomic E-state index is 4.53. The molecule has 3 rings (SSSR count). The summed E-state index contributed by atoms with van der Waals surface area (Å²) < 4.78 is 0. The lowest BCUT2D eigenvalue weighted by atomic mass is 9.87. The van der Waals surface area contributed by atoms with Crippen LogP contribution in [0.2, 0.25) is 0 Å². The van der Waals surface area contributed by atoms with E-state index in [1.807, 2.05) is 0 Å². The van der Waals surface area contributed by atoms with Gasteiger partial charge in [0.05, 0.1) is 0 Å². The standard InChI is InChI=1S/C14H24N4/c1-2-5-12(6-3-1)13-11-14(17-16-13)18-9-4-7-15-8-10-18/h11-12,15H,1-10H2,(H,16,17). The second kappa shape index (κ2) is 5.74. The molecular formula is C14H24N4. The predicted molar refractivity (Wildman–Crippen MR) is 74.1 cm³/mol. The molecule has 4 heteroatoms. The van der Waals surface area contributed by atoms with Crippen LogP contribution in [0, 0.1) is 0 Å². The van der Waals surface area contributed by atoms with Crippen LogP contribution in [0.3, 0.4) is 0 Å². The lowest BCUT2D eigenvalue weighted by Gasteiger charge is -2.20. The molecule has 4 nitrogen and oxygen atoms in total. The molecule has 1 aliphatic carbocycles. The maximum atomic E-state index is 4.53. The van der Waals surface area contributed by atoms with E-state index in [4.69, 9.17) is 0 Å². The Morgan fingerprint density at radius 2 is 1.94 bits per heavy atom. The van der Waals surface area contributed by atoms with Gasteiger partial charge in [-0.25, -0.2) is 0 Å². The minimum absolute atomic E-state index is 0.727. The summed E-state index contributed by atoms with van der Waals surface area (Å²) in [5.41, 5.74) is 1.36. The Balaban J connectivity index is 1.67. The first-order valence-electron chi connectivity index (χ1n) is 7.44. The molecule has 18 heavy (non-hydrogen) atoms. The van der Waals surface area contributed by atoms with Gasteiger partial charge in [0.15, 0.2) is 5.82 Å². The second-order valence-electron chi connectivity index (χ2n) is 5.61. The summed E-state index contributed by atoms with van der Waals surface area (Å²) in [6.45, 7) is 4.42.